The van der Waals surface area contributed by atoms with Crippen molar-refractivity contribution in [2.45, 2.75) is 18.4 Å². The number of benzene rings is 1. The number of anilines is 1. The Morgan fingerprint density at radius 2 is 2.11 bits per heavy atom. The first-order valence-electron chi connectivity index (χ1n) is 6.23. The Balaban J connectivity index is 1.90. The van der Waals surface area contributed by atoms with E-state index in [0.717, 1.165) is 36.6 Å². The molecular weight excluding hydrogens is 246 g/mol. The summed E-state index contributed by atoms with van der Waals surface area (Å²) >= 11 is 1.51. The van der Waals surface area contributed by atoms with Gasteiger partial charge in [-0.15, -0.1) is 0 Å². The Hall–Kier alpha value is -1.17. The van der Waals surface area contributed by atoms with Crippen molar-refractivity contribution in [1.29, 1.82) is 0 Å². The molecule has 1 aliphatic rings. The quantitative estimate of drug-likeness (QED) is 0.891. The summed E-state index contributed by atoms with van der Waals surface area (Å²) in [6.07, 6.45) is 1.91. The number of aromatic nitrogens is 1. The van der Waals surface area contributed by atoms with Gasteiger partial charge in [0.1, 0.15) is 5.00 Å². The number of fused-ring (bicyclic) bond motifs is 1. The molecule has 0 amide bonds. The van der Waals surface area contributed by atoms with Gasteiger partial charge in [0, 0.05) is 25.1 Å². The summed E-state index contributed by atoms with van der Waals surface area (Å²) in [6.45, 7) is 2.18. The first-order valence-corrected chi connectivity index (χ1v) is 7.01. The lowest BCUT2D eigenvalue weighted by atomic mass is 9.90. The summed E-state index contributed by atoms with van der Waals surface area (Å²) in [4.78, 5) is 0. The minimum atomic E-state index is -0.0342. The predicted molar refractivity (Wildman–Crippen MR) is 75.1 cm³/mol. The third-order valence-electron chi connectivity index (χ3n) is 3.60. The van der Waals surface area contributed by atoms with E-state index in [4.69, 9.17) is 10.5 Å². The second kappa shape index (κ2) is 4.84. The Bertz CT molecular complexity index is 534. The van der Waals surface area contributed by atoms with Crippen molar-refractivity contribution in [3.05, 3.63) is 24.3 Å². The highest BCUT2D eigenvalue weighted by Gasteiger charge is 2.31. The molecule has 96 valence electrons. The molecule has 0 saturated carbocycles. The summed E-state index contributed by atoms with van der Waals surface area (Å²) in [6, 6.07) is 8.20. The smallest absolute Gasteiger partial charge is 0.117 e. The zero-order valence-corrected chi connectivity index (χ0v) is 11.0. The molecule has 2 aromatic rings. The lowest BCUT2D eigenvalue weighted by molar-refractivity contribution is 0.0629. The van der Waals surface area contributed by atoms with Gasteiger partial charge in [-0.2, -0.15) is 4.37 Å². The van der Waals surface area contributed by atoms with Crippen LogP contribution in [0.15, 0.2) is 24.3 Å². The summed E-state index contributed by atoms with van der Waals surface area (Å²) in [5.74, 6) is 0. The molecule has 4 nitrogen and oxygen atoms in total. The maximum absolute atomic E-state index is 5.97. The number of hydrogen-bond donors (Lipinski definition) is 2. The van der Waals surface area contributed by atoms with Gasteiger partial charge in [-0.1, -0.05) is 12.1 Å². The summed E-state index contributed by atoms with van der Waals surface area (Å²) < 4.78 is 9.88. The number of ether oxygens (including phenoxy) is 1. The molecule has 1 saturated heterocycles. The van der Waals surface area contributed by atoms with Gasteiger partial charge in [0.15, 0.2) is 0 Å². The van der Waals surface area contributed by atoms with E-state index in [-0.39, 0.29) is 5.54 Å². The molecule has 0 unspecified atom stereocenters. The molecule has 0 spiro atoms. The molecule has 18 heavy (non-hydrogen) atoms. The predicted octanol–water partition coefficient (Wildman–Crippen LogP) is 2.22. The molecule has 2 heterocycles. The van der Waals surface area contributed by atoms with E-state index in [0.29, 0.717) is 6.54 Å². The summed E-state index contributed by atoms with van der Waals surface area (Å²) in [5, 5.41) is 5.92. The number of nitrogens with two attached hydrogens (primary N) is 1. The normalized spacial score (nSPS) is 18.9. The minimum Gasteiger partial charge on any atom is -0.381 e. The molecule has 3 N–H and O–H groups in total. The Kier molecular flexibility index (Phi) is 3.20. The average Bonchev–Trinajstić information content (AvgIpc) is 2.83. The summed E-state index contributed by atoms with van der Waals surface area (Å²) in [5.41, 5.74) is 6.98. The maximum atomic E-state index is 5.97. The van der Waals surface area contributed by atoms with Crippen molar-refractivity contribution in [2.75, 3.05) is 25.1 Å². The second-order valence-electron chi connectivity index (χ2n) is 4.75. The van der Waals surface area contributed by atoms with E-state index in [2.05, 4.69) is 15.8 Å². The van der Waals surface area contributed by atoms with Crippen molar-refractivity contribution < 1.29 is 4.74 Å². The van der Waals surface area contributed by atoms with Gasteiger partial charge in [-0.3, -0.25) is 0 Å². The van der Waals surface area contributed by atoms with Crippen molar-refractivity contribution in [3.8, 4) is 0 Å². The topological polar surface area (TPSA) is 60.2 Å². The largest absolute Gasteiger partial charge is 0.381 e. The fraction of sp³-hybridized carbons (Fsp3) is 0.462. The lowest BCUT2D eigenvalue weighted by Crippen LogP contribution is -2.49. The van der Waals surface area contributed by atoms with Gasteiger partial charge >= 0.3 is 0 Å². The van der Waals surface area contributed by atoms with Crippen LogP contribution in [0.1, 0.15) is 12.8 Å². The second-order valence-corrected chi connectivity index (χ2v) is 5.52. The molecule has 3 rings (SSSR count). The number of rotatable bonds is 3. The van der Waals surface area contributed by atoms with Crippen molar-refractivity contribution in [2.24, 2.45) is 5.73 Å². The van der Waals surface area contributed by atoms with Crippen molar-refractivity contribution in [3.63, 3.8) is 0 Å². The van der Waals surface area contributed by atoms with E-state index >= 15 is 0 Å². The van der Waals surface area contributed by atoms with Gasteiger partial charge in [-0.05, 0) is 36.5 Å². The highest BCUT2D eigenvalue weighted by Crippen LogP contribution is 2.32. The Morgan fingerprint density at radius 1 is 1.33 bits per heavy atom. The molecular formula is C13H17N3OS. The SMILES string of the molecule is NCC1(Nc2snc3ccccc23)CCOCC1. The number of nitrogens with zero attached hydrogens (tertiary/aromatic N) is 1. The van der Waals surface area contributed by atoms with Crippen LogP contribution in [0.2, 0.25) is 0 Å². The van der Waals surface area contributed by atoms with E-state index in [9.17, 15) is 0 Å². The van der Waals surface area contributed by atoms with Crippen LogP contribution in [-0.4, -0.2) is 29.7 Å². The molecule has 0 atom stereocenters. The van der Waals surface area contributed by atoms with Crippen LogP contribution in [0.25, 0.3) is 10.9 Å². The summed E-state index contributed by atoms with van der Waals surface area (Å²) in [7, 11) is 0. The minimum absolute atomic E-state index is 0.0342. The zero-order chi connectivity index (χ0) is 12.4. The van der Waals surface area contributed by atoms with E-state index < -0.39 is 0 Å². The van der Waals surface area contributed by atoms with Crippen molar-refractivity contribution >= 4 is 27.4 Å². The van der Waals surface area contributed by atoms with Crippen LogP contribution in [0, 0.1) is 0 Å². The molecule has 5 heteroatoms. The Labute approximate surface area is 110 Å². The fourth-order valence-electron chi connectivity index (χ4n) is 2.36. The van der Waals surface area contributed by atoms with E-state index in [1.165, 1.54) is 16.9 Å². The molecule has 0 aliphatic carbocycles. The van der Waals surface area contributed by atoms with Gasteiger partial charge in [0.05, 0.1) is 11.1 Å². The highest BCUT2D eigenvalue weighted by molar-refractivity contribution is 7.11. The van der Waals surface area contributed by atoms with Crippen LogP contribution < -0.4 is 11.1 Å². The molecule has 1 aromatic heterocycles. The maximum Gasteiger partial charge on any atom is 0.117 e. The van der Waals surface area contributed by atoms with Crippen LogP contribution >= 0.6 is 11.5 Å². The number of hydrogen-bond acceptors (Lipinski definition) is 5. The molecule has 0 radical (unpaired) electrons. The van der Waals surface area contributed by atoms with Gasteiger partial charge in [0.2, 0.25) is 0 Å². The van der Waals surface area contributed by atoms with Gasteiger partial charge in [0.25, 0.3) is 0 Å². The highest BCUT2D eigenvalue weighted by atomic mass is 32.1. The average molecular weight is 263 g/mol. The van der Waals surface area contributed by atoms with Crippen LogP contribution in [-0.2, 0) is 4.74 Å². The van der Waals surface area contributed by atoms with Crippen LogP contribution in [0.5, 0.6) is 0 Å². The third-order valence-corrected chi connectivity index (χ3v) is 4.40. The van der Waals surface area contributed by atoms with Crippen molar-refractivity contribution in [1.82, 2.24) is 4.37 Å². The van der Waals surface area contributed by atoms with Gasteiger partial charge < -0.3 is 15.8 Å². The van der Waals surface area contributed by atoms with E-state index in [1.54, 1.807) is 0 Å². The molecule has 1 aromatic carbocycles. The fourth-order valence-corrected chi connectivity index (χ4v) is 3.24. The zero-order valence-electron chi connectivity index (χ0n) is 10.2. The Morgan fingerprint density at radius 3 is 2.89 bits per heavy atom. The van der Waals surface area contributed by atoms with Gasteiger partial charge in [-0.25, -0.2) is 0 Å². The molecule has 0 bridgehead atoms. The van der Waals surface area contributed by atoms with E-state index in [1.807, 2.05) is 18.2 Å². The van der Waals surface area contributed by atoms with Crippen LogP contribution in [0.4, 0.5) is 5.00 Å². The standard InChI is InChI=1S/C13H17N3OS/c14-9-13(5-7-17-8-6-13)15-12-10-3-1-2-4-11(10)16-18-12/h1-4,15H,5-9,14H2. The number of nitrogens with one attached hydrogen (secondary N) is 1. The first-order chi connectivity index (χ1) is 8.83. The molecule has 1 aliphatic heterocycles. The first kappa shape index (κ1) is 11.9. The molecule has 1 fully saturated rings. The third kappa shape index (κ3) is 2.09. The monoisotopic (exact) mass is 263 g/mol. The lowest BCUT2D eigenvalue weighted by Gasteiger charge is -2.37. The van der Waals surface area contributed by atoms with Crippen LogP contribution in [0.3, 0.4) is 0 Å².